The third kappa shape index (κ3) is 4.47. The van der Waals surface area contributed by atoms with Crippen molar-refractivity contribution in [1.29, 1.82) is 0 Å². The normalized spacial score (nSPS) is 17.0. The summed E-state index contributed by atoms with van der Waals surface area (Å²) in [6.07, 6.45) is 0.359. The summed E-state index contributed by atoms with van der Waals surface area (Å²) in [5.41, 5.74) is 0.0417. The van der Waals surface area contributed by atoms with Crippen LogP contribution in [0.15, 0.2) is 46.9 Å². The minimum absolute atomic E-state index is 0.0266. The SMILES string of the molecule is CCC(C)N(C(=O)c1ccc(Cl)c([N+](=O)[O-])c1)C1CC(=O)N(c2ccc(Br)cc2)C1=O. The van der Waals surface area contributed by atoms with Gasteiger partial charge in [-0.25, -0.2) is 4.90 Å². The molecule has 0 N–H and O–H groups in total. The summed E-state index contributed by atoms with van der Waals surface area (Å²) in [5, 5.41) is 11.1. The molecule has 162 valence electrons. The standard InChI is InChI=1S/C21H19BrClN3O5/c1-3-12(2)24(20(28)13-4-9-16(23)17(10-13)26(30)31)18-11-19(27)25(21(18)29)15-7-5-14(22)6-8-15/h4-10,12,18H,3,11H2,1-2H3. The van der Waals surface area contributed by atoms with E-state index in [4.69, 9.17) is 11.6 Å². The molecule has 2 unspecified atom stereocenters. The van der Waals surface area contributed by atoms with Gasteiger partial charge in [0.05, 0.1) is 17.0 Å². The monoisotopic (exact) mass is 507 g/mol. The zero-order chi connectivity index (χ0) is 22.9. The summed E-state index contributed by atoms with van der Waals surface area (Å²) in [4.78, 5) is 52.2. The number of halogens is 2. The number of imide groups is 1. The van der Waals surface area contributed by atoms with E-state index >= 15 is 0 Å². The number of benzene rings is 2. The predicted molar refractivity (Wildman–Crippen MR) is 119 cm³/mol. The molecule has 0 spiro atoms. The molecule has 31 heavy (non-hydrogen) atoms. The van der Waals surface area contributed by atoms with Crippen LogP contribution in [-0.2, 0) is 9.59 Å². The topological polar surface area (TPSA) is 101 Å². The van der Waals surface area contributed by atoms with Crippen molar-refractivity contribution in [1.82, 2.24) is 4.90 Å². The largest absolute Gasteiger partial charge is 0.323 e. The minimum Gasteiger partial charge on any atom is -0.323 e. The number of anilines is 1. The highest BCUT2D eigenvalue weighted by molar-refractivity contribution is 9.10. The molecule has 1 aliphatic heterocycles. The molecule has 0 saturated carbocycles. The van der Waals surface area contributed by atoms with E-state index in [0.717, 1.165) is 15.4 Å². The summed E-state index contributed by atoms with van der Waals surface area (Å²) < 4.78 is 0.799. The van der Waals surface area contributed by atoms with Crippen molar-refractivity contribution >= 4 is 56.6 Å². The Bertz CT molecular complexity index is 1060. The molecule has 1 saturated heterocycles. The maximum absolute atomic E-state index is 13.3. The average molecular weight is 509 g/mol. The van der Waals surface area contributed by atoms with Gasteiger partial charge in [-0.05, 0) is 49.7 Å². The van der Waals surface area contributed by atoms with Gasteiger partial charge in [-0.15, -0.1) is 0 Å². The van der Waals surface area contributed by atoms with E-state index in [1.165, 1.54) is 17.0 Å². The second-order valence-corrected chi connectivity index (χ2v) is 8.48. The van der Waals surface area contributed by atoms with Crippen molar-refractivity contribution in [2.45, 2.75) is 38.8 Å². The van der Waals surface area contributed by atoms with Crippen LogP contribution in [0.2, 0.25) is 5.02 Å². The number of hydrogen-bond acceptors (Lipinski definition) is 5. The second-order valence-electron chi connectivity index (χ2n) is 7.16. The third-order valence-electron chi connectivity index (χ3n) is 5.23. The fourth-order valence-corrected chi connectivity index (χ4v) is 3.93. The zero-order valence-electron chi connectivity index (χ0n) is 16.7. The lowest BCUT2D eigenvalue weighted by Gasteiger charge is -2.33. The van der Waals surface area contributed by atoms with E-state index in [0.29, 0.717) is 12.1 Å². The van der Waals surface area contributed by atoms with Gasteiger partial charge >= 0.3 is 0 Å². The first-order valence-electron chi connectivity index (χ1n) is 9.54. The Kier molecular flexibility index (Phi) is 6.76. The first kappa shape index (κ1) is 22.9. The summed E-state index contributed by atoms with van der Waals surface area (Å²) in [6, 6.07) is 9.07. The first-order valence-corrected chi connectivity index (χ1v) is 10.7. The third-order valence-corrected chi connectivity index (χ3v) is 6.08. The van der Waals surface area contributed by atoms with Gasteiger partial charge in [0, 0.05) is 22.1 Å². The fourth-order valence-electron chi connectivity index (χ4n) is 3.47. The molecule has 1 aliphatic rings. The quantitative estimate of drug-likeness (QED) is 0.323. The van der Waals surface area contributed by atoms with Crippen LogP contribution in [0.4, 0.5) is 11.4 Å². The van der Waals surface area contributed by atoms with E-state index in [2.05, 4.69) is 15.9 Å². The highest BCUT2D eigenvalue weighted by atomic mass is 79.9. The van der Waals surface area contributed by atoms with Gasteiger partial charge in [-0.3, -0.25) is 24.5 Å². The molecule has 0 aliphatic carbocycles. The van der Waals surface area contributed by atoms with Crippen molar-refractivity contribution in [2.24, 2.45) is 0 Å². The predicted octanol–water partition coefficient (Wildman–Crippen LogP) is 4.58. The van der Waals surface area contributed by atoms with Crippen molar-refractivity contribution in [3.05, 3.63) is 67.6 Å². The molecule has 1 fully saturated rings. The molecular formula is C21H19BrClN3O5. The number of nitro groups is 1. The van der Waals surface area contributed by atoms with E-state index in [1.807, 2.05) is 6.92 Å². The van der Waals surface area contributed by atoms with E-state index in [1.54, 1.807) is 31.2 Å². The molecule has 0 radical (unpaired) electrons. The highest BCUT2D eigenvalue weighted by Crippen LogP contribution is 2.31. The summed E-state index contributed by atoms with van der Waals surface area (Å²) >= 11 is 9.17. The van der Waals surface area contributed by atoms with Gasteiger partial charge in [0.1, 0.15) is 11.1 Å². The van der Waals surface area contributed by atoms with Crippen LogP contribution in [0, 0.1) is 10.1 Å². The van der Waals surface area contributed by atoms with Crippen LogP contribution in [0.5, 0.6) is 0 Å². The molecule has 2 aromatic rings. The fraction of sp³-hybridized carbons (Fsp3) is 0.286. The van der Waals surface area contributed by atoms with Crippen LogP contribution < -0.4 is 4.90 Å². The Morgan fingerprint density at radius 1 is 1.29 bits per heavy atom. The lowest BCUT2D eigenvalue weighted by molar-refractivity contribution is -0.384. The maximum Gasteiger partial charge on any atom is 0.288 e. The van der Waals surface area contributed by atoms with Crippen LogP contribution in [0.25, 0.3) is 0 Å². The molecule has 1 heterocycles. The second kappa shape index (κ2) is 9.15. The summed E-state index contributed by atoms with van der Waals surface area (Å²) in [6.45, 7) is 3.62. The summed E-state index contributed by atoms with van der Waals surface area (Å²) in [7, 11) is 0. The van der Waals surface area contributed by atoms with Gasteiger partial charge in [0.2, 0.25) is 5.91 Å². The number of nitro benzene ring substituents is 1. The van der Waals surface area contributed by atoms with Gasteiger partial charge in [0.15, 0.2) is 0 Å². The van der Waals surface area contributed by atoms with E-state index in [-0.39, 0.29) is 23.0 Å². The van der Waals surface area contributed by atoms with Gasteiger partial charge in [-0.2, -0.15) is 0 Å². The van der Waals surface area contributed by atoms with Gasteiger partial charge < -0.3 is 4.90 Å². The number of hydrogen-bond donors (Lipinski definition) is 0. The number of rotatable bonds is 6. The minimum atomic E-state index is -1.01. The Balaban J connectivity index is 1.98. The van der Waals surface area contributed by atoms with Crippen molar-refractivity contribution in [3.8, 4) is 0 Å². The molecule has 0 aromatic heterocycles. The molecular weight excluding hydrogens is 490 g/mol. The van der Waals surface area contributed by atoms with Crippen LogP contribution in [0.1, 0.15) is 37.0 Å². The summed E-state index contributed by atoms with van der Waals surface area (Å²) in [5.74, 6) is -1.50. The smallest absolute Gasteiger partial charge is 0.288 e. The van der Waals surface area contributed by atoms with Crippen LogP contribution in [-0.4, -0.2) is 39.6 Å². The number of carbonyl (C=O) groups excluding carboxylic acids is 3. The van der Waals surface area contributed by atoms with Crippen molar-refractivity contribution in [3.63, 3.8) is 0 Å². The lowest BCUT2D eigenvalue weighted by Crippen LogP contribution is -2.49. The van der Waals surface area contributed by atoms with E-state index < -0.39 is 34.4 Å². The molecule has 2 atom stereocenters. The number of carbonyl (C=O) groups is 3. The maximum atomic E-state index is 13.3. The van der Waals surface area contributed by atoms with Crippen molar-refractivity contribution < 1.29 is 19.3 Å². The molecule has 3 amide bonds. The Hall–Kier alpha value is -2.78. The first-order chi connectivity index (χ1) is 14.6. The van der Waals surface area contributed by atoms with Crippen LogP contribution in [0.3, 0.4) is 0 Å². The van der Waals surface area contributed by atoms with Crippen LogP contribution >= 0.6 is 27.5 Å². The van der Waals surface area contributed by atoms with E-state index in [9.17, 15) is 24.5 Å². The molecule has 2 aromatic carbocycles. The zero-order valence-corrected chi connectivity index (χ0v) is 19.1. The van der Waals surface area contributed by atoms with Crippen molar-refractivity contribution in [2.75, 3.05) is 4.90 Å². The average Bonchev–Trinajstić information content (AvgIpc) is 3.02. The Morgan fingerprint density at radius 2 is 1.94 bits per heavy atom. The Morgan fingerprint density at radius 3 is 2.52 bits per heavy atom. The van der Waals surface area contributed by atoms with Gasteiger partial charge in [0.25, 0.3) is 17.5 Å². The number of nitrogens with zero attached hydrogens (tertiary/aromatic N) is 3. The van der Waals surface area contributed by atoms with Gasteiger partial charge in [-0.1, -0.05) is 34.5 Å². The highest BCUT2D eigenvalue weighted by Gasteiger charge is 2.45. The number of amides is 3. The molecule has 10 heteroatoms. The Labute approximate surface area is 192 Å². The lowest BCUT2D eigenvalue weighted by atomic mass is 10.1. The molecule has 0 bridgehead atoms. The molecule has 3 rings (SSSR count). The molecule has 8 nitrogen and oxygen atoms in total.